The molecule has 1 heterocycles. The van der Waals surface area contributed by atoms with Crippen LogP contribution in [0.5, 0.6) is 11.5 Å². The highest BCUT2D eigenvalue weighted by atomic mass is 16.7. The number of rotatable bonds is 8. The highest BCUT2D eigenvalue weighted by Crippen LogP contribution is 2.32. The number of quaternary nitrogens is 1. The molecule has 3 N–H and O–H groups in total. The highest BCUT2D eigenvalue weighted by molar-refractivity contribution is 5.72. The van der Waals surface area contributed by atoms with E-state index in [-0.39, 0.29) is 25.9 Å². The Labute approximate surface area is 168 Å². The van der Waals surface area contributed by atoms with Gasteiger partial charge in [-0.1, -0.05) is 24.3 Å². The number of carboxylic acids is 1. The minimum atomic E-state index is -0.990. The first kappa shape index (κ1) is 20.6. The van der Waals surface area contributed by atoms with Gasteiger partial charge in [-0.15, -0.1) is 0 Å². The molecular weight excluding hydrogens is 378 g/mol. The summed E-state index contributed by atoms with van der Waals surface area (Å²) < 4.78 is 21.2. The molecule has 1 amide bonds. The molecule has 1 atom stereocenters. The Morgan fingerprint density at radius 1 is 1.07 bits per heavy atom. The third-order valence-corrected chi connectivity index (χ3v) is 4.22. The molecule has 3 rings (SSSR count). The fraction of sp³-hybridized carbons (Fsp3) is 0.333. The molecule has 0 aliphatic carbocycles. The summed E-state index contributed by atoms with van der Waals surface area (Å²) in [6.07, 6.45) is -1.26. The lowest BCUT2D eigenvalue weighted by Crippen LogP contribution is -2.82. The van der Waals surface area contributed by atoms with Crippen LogP contribution in [-0.2, 0) is 27.3 Å². The lowest BCUT2D eigenvalue weighted by molar-refractivity contribution is -0.483. The molecule has 1 aliphatic rings. The molecule has 2 aromatic rings. The van der Waals surface area contributed by atoms with Crippen molar-refractivity contribution in [3.63, 3.8) is 0 Å². The maximum Gasteiger partial charge on any atom is 0.518 e. The van der Waals surface area contributed by atoms with Crippen molar-refractivity contribution >= 4 is 17.7 Å². The van der Waals surface area contributed by atoms with E-state index in [1.54, 1.807) is 44.2 Å². The van der Waals surface area contributed by atoms with Gasteiger partial charge in [0.2, 0.25) is 6.79 Å². The molecule has 0 radical (unpaired) electrons. The molecule has 0 aromatic heterocycles. The topological polar surface area (TPSA) is 108 Å². The Kier molecular flexibility index (Phi) is 6.69. The summed E-state index contributed by atoms with van der Waals surface area (Å²) in [5, 5.41) is 10.6. The molecule has 0 saturated heterocycles. The number of fused-ring (bicyclic) bond motifs is 1. The van der Waals surface area contributed by atoms with Crippen LogP contribution in [0, 0.1) is 0 Å². The number of hydrogen-bond acceptors (Lipinski definition) is 6. The normalized spacial score (nSPS) is 13.3. The van der Waals surface area contributed by atoms with E-state index in [1.807, 2.05) is 12.1 Å². The quantitative estimate of drug-likeness (QED) is 0.653. The molecular formula is C21H24NO7+. The van der Waals surface area contributed by atoms with Gasteiger partial charge < -0.3 is 24.1 Å². The minimum Gasteiger partial charge on any atom is -0.479 e. The zero-order valence-corrected chi connectivity index (χ0v) is 16.3. The SMILES string of the molecule is CC(C)OC(Cc1ccc(COC(=O)[NH2+]c2ccc3c(c2)OCO3)cc1)C(=O)O. The van der Waals surface area contributed by atoms with E-state index in [4.69, 9.17) is 18.9 Å². The fourth-order valence-corrected chi connectivity index (χ4v) is 2.84. The van der Waals surface area contributed by atoms with Crippen molar-refractivity contribution in [1.29, 1.82) is 0 Å². The summed E-state index contributed by atoms with van der Waals surface area (Å²) in [7, 11) is 0. The van der Waals surface area contributed by atoms with Gasteiger partial charge in [0.25, 0.3) is 0 Å². The number of nitrogens with two attached hydrogens (primary N) is 1. The summed E-state index contributed by atoms with van der Waals surface area (Å²) in [5.41, 5.74) is 2.30. The van der Waals surface area contributed by atoms with Crippen molar-refractivity contribution in [2.24, 2.45) is 0 Å². The van der Waals surface area contributed by atoms with Crippen LogP contribution in [0.2, 0.25) is 0 Å². The number of carbonyl (C=O) groups is 2. The number of aliphatic carboxylic acids is 1. The van der Waals surface area contributed by atoms with E-state index in [1.165, 1.54) is 5.32 Å². The first-order valence-electron chi connectivity index (χ1n) is 9.28. The monoisotopic (exact) mass is 402 g/mol. The van der Waals surface area contributed by atoms with Crippen LogP contribution < -0.4 is 14.8 Å². The average molecular weight is 402 g/mol. The van der Waals surface area contributed by atoms with Crippen LogP contribution in [0.1, 0.15) is 25.0 Å². The lowest BCUT2D eigenvalue weighted by Gasteiger charge is -2.16. The molecule has 0 bridgehead atoms. The molecule has 0 saturated carbocycles. The van der Waals surface area contributed by atoms with Crippen LogP contribution in [0.15, 0.2) is 42.5 Å². The van der Waals surface area contributed by atoms with E-state index in [2.05, 4.69) is 0 Å². The van der Waals surface area contributed by atoms with E-state index in [0.29, 0.717) is 17.2 Å². The first-order chi connectivity index (χ1) is 13.9. The number of primary amides is 1. The summed E-state index contributed by atoms with van der Waals surface area (Å²) in [6.45, 7) is 3.89. The molecule has 0 fully saturated rings. The molecule has 8 heteroatoms. The smallest absolute Gasteiger partial charge is 0.479 e. The van der Waals surface area contributed by atoms with Gasteiger partial charge in [-0.25, -0.2) is 10.1 Å². The van der Waals surface area contributed by atoms with Crippen LogP contribution in [0.3, 0.4) is 0 Å². The molecule has 0 spiro atoms. The molecule has 8 nitrogen and oxygen atoms in total. The predicted octanol–water partition coefficient (Wildman–Crippen LogP) is 2.37. The zero-order chi connectivity index (χ0) is 20.8. The zero-order valence-electron chi connectivity index (χ0n) is 16.3. The van der Waals surface area contributed by atoms with Crippen molar-refractivity contribution in [2.75, 3.05) is 6.79 Å². The third kappa shape index (κ3) is 5.94. The number of hydrogen-bond donors (Lipinski definition) is 2. The summed E-state index contributed by atoms with van der Waals surface area (Å²) >= 11 is 0. The number of amides is 1. The predicted molar refractivity (Wildman–Crippen MR) is 102 cm³/mol. The van der Waals surface area contributed by atoms with Crippen molar-refractivity contribution in [1.82, 2.24) is 0 Å². The molecule has 154 valence electrons. The molecule has 29 heavy (non-hydrogen) atoms. The first-order valence-corrected chi connectivity index (χ1v) is 9.28. The fourth-order valence-electron chi connectivity index (χ4n) is 2.84. The van der Waals surface area contributed by atoms with Crippen LogP contribution in [0.4, 0.5) is 10.5 Å². The van der Waals surface area contributed by atoms with Crippen LogP contribution in [0.25, 0.3) is 0 Å². The molecule has 1 aliphatic heterocycles. The average Bonchev–Trinajstić information content (AvgIpc) is 3.14. The van der Waals surface area contributed by atoms with Gasteiger partial charge in [0.15, 0.2) is 17.6 Å². The van der Waals surface area contributed by atoms with Gasteiger partial charge in [0.1, 0.15) is 12.3 Å². The van der Waals surface area contributed by atoms with E-state index >= 15 is 0 Å². The Hall–Kier alpha value is -3.10. The summed E-state index contributed by atoms with van der Waals surface area (Å²) in [6, 6.07) is 12.4. The van der Waals surface area contributed by atoms with E-state index in [9.17, 15) is 14.7 Å². The second-order valence-electron chi connectivity index (χ2n) is 6.90. The standard InChI is InChI=1S/C21H23NO7/c1-13(2)29-19(20(23)24)9-14-3-5-15(6-4-14)11-26-21(25)22-16-7-8-17-18(10-16)28-12-27-17/h3-8,10,13,19H,9,11-12H2,1-2H3,(H,22,25)(H,23,24)/p+1. The van der Waals surface area contributed by atoms with Gasteiger partial charge in [0.05, 0.1) is 6.10 Å². The highest BCUT2D eigenvalue weighted by Gasteiger charge is 2.20. The van der Waals surface area contributed by atoms with Gasteiger partial charge >= 0.3 is 12.1 Å². The van der Waals surface area contributed by atoms with Gasteiger partial charge in [0, 0.05) is 18.6 Å². The lowest BCUT2D eigenvalue weighted by atomic mass is 10.1. The van der Waals surface area contributed by atoms with Gasteiger partial charge in [-0.05, 0) is 31.0 Å². The Balaban J connectivity index is 1.49. The number of benzene rings is 2. The number of ether oxygens (including phenoxy) is 4. The maximum atomic E-state index is 12.0. The van der Waals surface area contributed by atoms with Crippen LogP contribution >= 0.6 is 0 Å². The molecule has 1 unspecified atom stereocenters. The van der Waals surface area contributed by atoms with Crippen molar-refractivity contribution in [3.8, 4) is 11.5 Å². The Bertz CT molecular complexity index is 864. The van der Waals surface area contributed by atoms with Crippen molar-refractivity contribution in [2.45, 2.75) is 39.1 Å². The maximum absolute atomic E-state index is 12.0. The Morgan fingerprint density at radius 2 is 1.76 bits per heavy atom. The Morgan fingerprint density at radius 3 is 2.45 bits per heavy atom. The largest absolute Gasteiger partial charge is 0.518 e. The van der Waals surface area contributed by atoms with Crippen molar-refractivity contribution < 1.29 is 39.0 Å². The number of carbonyl (C=O) groups excluding carboxylic acids is 1. The van der Waals surface area contributed by atoms with Gasteiger partial charge in [-0.2, -0.15) is 4.79 Å². The van der Waals surface area contributed by atoms with Crippen LogP contribution in [-0.4, -0.2) is 36.2 Å². The minimum absolute atomic E-state index is 0.116. The molecule has 2 aromatic carbocycles. The van der Waals surface area contributed by atoms with E-state index in [0.717, 1.165) is 11.1 Å². The second-order valence-corrected chi connectivity index (χ2v) is 6.90. The van der Waals surface area contributed by atoms with E-state index < -0.39 is 18.2 Å². The number of carboxylic acid groups (broad SMARTS) is 1. The van der Waals surface area contributed by atoms with Crippen molar-refractivity contribution in [3.05, 3.63) is 53.6 Å². The summed E-state index contributed by atoms with van der Waals surface area (Å²) in [5.74, 6) is 0.263. The summed E-state index contributed by atoms with van der Waals surface area (Å²) in [4.78, 5) is 23.3. The second kappa shape index (κ2) is 9.40. The van der Waals surface area contributed by atoms with Gasteiger partial charge in [-0.3, -0.25) is 0 Å². The third-order valence-electron chi connectivity index (χ3n) is 4.22.